The molecule has 3 heteroatoms. The second-order valence-corrected chi connectivity index (χ2v) is 6.23. The minimum atomic E-state index is 0.0521. The first-order chi connectivity index (χ1) is 6.78. The molecule has 4 rings (SSSR count). The normalized spacial score (nSPS) is 67.0. The van der Waals surface area contributed by atoms with Crippen molar-refractivity contribution < 1.29 is 9.84 Å². The predicted molar refractivity (Wildman–Crippen MR) is 55.1 cm³/mol. The van der Waals surface area contributed by atoms with Crippen molar-refractivity contribution in [3.05, 3.63) is 12.2 Å². The summed E-state index contributed by atoms with van der Waals surface area (Å²) in [5.41, 5.74) is 0.0521. The second-order valence-electron chi connectivity index (χ2n) is 5.17. The van der Waals surface area contributed by atoms with Crippen LogP contribution in [0.1, 0.15) is 6.42 Å². The molecule has 2 bridgehead atoms. The zero-order chi connectivity index (χ0) is 9.50. The average Bonchev–Trinajstić information content (AvgIpc) is 2.83. The van der Waals surface area contributed by atoms with Crippen LogP contribution in [0.4, 0.5) is 0 Å². The third-order valence-electron chi connectivity index (χ3n) is 4.96. The molecule has 1 heterocycles. The van der Waals surface area contributed by atoms with E-state index in [1.54, 1.807) is 0 Å². The highest BCUT2D eigenvalue weighted by atomic mass is 79.9. The zero-order valence-electron chi connectivity index (χ0n) is 7.77. The lowest BCUT2D eigenvalue weighted by Gasteiger charge is -2.38. The van der Waals surface area contributed by atoms with Crippen molar-refractivity contribution in [2.75, 3.05) is 6.61 Å². The summed E-state index contributed by atoms with van der Waals surface area (Å²) in [6, 6.07) is 0. The Morgan fingerprint density at radius 1 is 1.57 bits per heavy atom. The summed E-state index contributed by atoms with van der Waals surface area (Å²) >= 11 is 3.76. The molecule has 0 aromatic carbocycles. The van der Waals surface area contributed by atoms with Crippen LogP contribution in [0.15, 0.2) is 12.2 Å². The summed E-state index contributed by atoms with van der Waals surface area (Å²) in [4.78, 5) is 0.464. The van der Waals surface area contributed by atoms with E-state index in [0.29, 0.717) is 41.4 Å². The molecule has 2 nitrogen and oxygen atoms in total. The van der Waals surface area contributed by atoms with Gasteiger partial charge in [0.05, 0.1) is 18.8 Å². The molecule has 14 heavy (non-hydrogen) atoms. The highest BCUT2D eigenvalue weighted by molar-refractivity contribution is 9.09. The van der Waals surface area contributed by atoms with E-state index in [9.17, 15) is 5.11 Å². The van der Waals surface area contributed by atoms with Gasteiger partial charge in [-0.15, -0.1) is 0 Å². The van der Waals surface area contributed by atoms with Crippen molar-refractivity contribution in [3.8, 4) is 0 Å². The molecular weight excluding hydrogens is 244 g/mol. The van der Waals surface area contributed by atoms with E-state index >= 15 is 0 Å². The molecule has 0 spiro atoms. The van der Waals surface area contributed by atoms with Gasteiger partial charge in [0.2, 0.25) is 0 Å². The van der Waals surface area contributed by atoms with Crippen LogP contribution in [0.25, 0.3) is 0 Å². The lowest BCUT2D eigenvalue weighted by atomic mass is 9.68. The number of aliphatic hydroxyl groups is 1. The van der Waals surface area contributed by atoms with Crippen LogP contribution < -0.4 is 0 Å². The Morgan fingerprint density at radius 2 is 2.43 bits per heavy atom. The second kappa shape index (κ2) is 2.28. The van der Waals surface area contributed by atoms with Gasteiger partial charge in [-0.1, -0.05) is 28.1 Å². The molecule has 0 radical (unpaired) electrons. The quantitative estimate of drug-likeness (QED) is 0.567. The fourth-order valence-electron chi connectivity index (χ4n) is 4.48. The Balaban J connectivity index is 1.92. The number of ether oxygens (including phenoxy) is 1. The molecule has 2 unspecified atom stereocenters. The van der Waals surface area contributed by atoms with Gasteiger partial charge in [-0.05, 0) is 18.3 Å². The van der Waals surface area contributed by atoms with E-state index in [-0.39, 0.29) is 5.41 Å². The molecule has 1 saturated heterocycles. The summed E-state index contributed by atoms with van der Waals surface area (Å²) in [5, 5.41) is 9.68. The standard InChI is InChI=1S/C11H13BrO2/c12-9-6-3-5-8-7(14-10(5)9)1-2-11(6,8)4-13/h1-2,5-10,13H,3-4H2/t5-,6-,7+,8?,9?,10+,11-/m1/s1. The van der Waals surface area contributed by atoms with E-state index < -0.39 is 0 Å². The number of rotatable bonds is 1. The van der Waals surface area contributed by atoms with Gasteiger partial charge in [0.15, 0.2) is 0 Å². The van der Waals surface area contributed by atoms with Gasteiger partial charge in [-0.2, -0.15) is 0 Å². The molecule has 1 N–H and O–H groups in total. The van der Waals surface area contributed by atoms with Crippen LogP contribution in [0, 0.1) is 23.2 Å². The van der Waals surface area contributed by atoms with Crippen molar-refractivity contribution in [2.24, 2.45) is 23.2 Å². The maximum Gasteiger partial charge on any atom is 0.0801 e. The molecular formula is C11H13BrO2. The van der Waals surface area contributed by atoms with Crippen LogP contribution in [-0.2, 0) is 4.74 Å². The Bertz CT molecular complexity index is 329. The summed E-state index contributed by atoms with van der Waals surface area (Å²) in [5.74, 6) is 1.86. The maximum absolute atomic E-state index is 9.68. The summed E-state index contributed by atoms with van der Waals surface area (Å²) < 4.78 is 6.02. The Kier molecular flexibility index (Phi) is 1.35. The van der Waals surface area contributed by atoms with E-state index in [4.69, 9.17) is 4.74 Å². The predicted octanol–water partition coefficient (Wildman–Crippen LogP) is 1.33. The molecule has 76 valence electrons. The third kappa shape index (κ3) is 0.624. The van der Waals surface area contributed by atoms with Gasteiger partial charge in [-0.3, -0.25) is 0 Å². The molecule has 7 atom stereocenters. The van der Waals surface area contributed by atoms with Crippen molar-refractivity contribution in [3.63, 3.8) is 0 Å². The van der Waals surface area contributed by atoms with E-state index in [1.807, 2.05) is 0 Å². The van der Waals surface area contributed by atoms with Gasteiger partial charge in [-0.25, -0.2) is 0 Å². The monoisotopic (exact) mass is 256 g/mol. The van der Waals surface area contributed by atoms with Crippen LogP contribution in [-0.4, -0.2) is 28.7 Å². The van der Waals surface area contributed by atoms with Crippen LogP contribution in [0.5, 0.6) is 0 Å². The summed E-state index contributed by atoms with van der Waals surface area (Å²) in [7, 11) is 0. The number of alkyl halides is 1. The molecule has 4 aliphatic rings. The molecule has 0 aromatic heterocycles. The van der Waals surface area contributed by atoms with Gasteiger partial charge in [0.1, 0.15) is 0 Å². The largest absolute Gasteiger partial charge is 0.395 e. The van der Waals surface area contributed by atoms with Crippen molar-refractivity contribution in [1.29, 1.82) is 0 Å². The lowest BCUT2D eigenvalue weighted by Crippen LogP contribution is -2.43. The number of aliphatic hydroxyl groups excluding tert-OH is 1. The highest BCUT2D eigenvalue weighted by Gasteiger charge is 2.71. The number of halogens is 1. The average molecular weight is 257 g/mol. The topological polar surface area (TPSA) is 29.5 Å². The molecule has 0 aromatic rings. The highest BCUT2D eigenvalue weighted by Crippen LogP contribution is 2.69. The van der Waals surface area contributed by atoms with Crippen molar-refractivity contribution in [1.82, 2.24) is 0 Å². The smallest absolute Gasteiger partial charge is 0.0801 e. The van der Waals surface area contributed by atoms with Gasteiger partial charge < -0.3 is 9.84 Å². The first kappa shape index (κ1) is 8.31. The van der Waals surface area contributed by atoms with E-state index in [1.165, 1.54) is 6.42 Å². The van der Waals surface area contributed by atoms with E-state index in [0.717, 1.165) is 0 Å². The Labute approximate surface area is 91.5 Å². The fourth-order valence-corrected chi connectivity index (χ4v) is 5.70. The van der Waals surface area contributed by atoms with E-state index in [2.05, 4.69) is 28.1 Å². The van der Waals surface area contributed by atoms with Crippen LogP contribution in [0.3, 0.4) is 0 Å². The molecule has 2 saturated carbocycles. The minimum Gasteiger partial charge on any atom is -0.395 e. The summed E-state index contributed by atoms with van der Waals surface area (Å²) in [6.45, 7) is 0.296. The van der Waals surface area contributed by atoms with Crippen molar-refractivity contribution in [2.45, 2.75) is 23.5 Å². The SMILES string of the molecule is OC[C@]12C=C[C@@H]3O[C@@H]4C(Br)[C@H]1C[C@@H]4C32. The first-order valence-corrected chi connectivity index (χ1v) is 6.29. The number of fused-ring (bicyclic) bond motifs is 2. The zero-order valence-corrected chi connectivity index (χ0v) is 9.35. The lowest BCUT2D eigenvalue weighted by molar-refractivity contribution is 0.0694. The van der Waals surface area contributed by atoms with Crippen LogP contribution in [0.2, 0.25) is 0 Å². The molecule has 0 amide bonds. The number of hydrogen-bond acceptors (Lipinski definition) is 2. The fraction of sp³-hybridized carbons (Fsp3) is 0.818. The van der Waals surface area contributed by atoms with Crippen LogP contribution >= 0.6 is 15.9 Å². The maximum atomic E-state index is 9.68. The molecule has 1 aliphatic heterocycles. The third-order valence-corrected chi connectivity index (χ3v) is 6.12. The summed E-state index contributed by atoms with van der Waals surface area (Å²) in [6.07, 6.45) is 6.37. The Hall–Kier alpha value is 0.140. The molecule has 3 aliphatic carbocycles. The van der Waals surface area contributed by atoms with Gasteiger partial charge in [0.25, 0.3) is 0 Å². The first-order valence-electron chi connectivity index (χ1n) is 5.38. The van der Waals surface area contributed by atoms with Gasteiger partial charge >= 0.3 is 0 Å². The number of hydrogen-bond donors (Lipinski definition) is 1. The van der Waals surface area contributed by atoms with Crippen molar-refractivity contribution >= 4 is 15.9 Å². The Morgan fingerprint density at radius 3 is 3.21 bits per heavy atom. The molecule has 3 fully saturated rings. The minimum absolute atomic E-state index is 0.0521. The van der Waals surface area contributed by atoms with Gasteiger partial charge in [0, 0.05) is 16.2 Å².